The molecule has 94 valence electrons. The number of phenolic OH excluding ortho intramolecular Hbond substituents is 1. The minimum Gasteiger partial charge on any atom is -0.503 e. The summed E-state index contributed by atoms with van der Waals surface area (Å²) >= 11 is 3.51. The largest absolute Gasteiger partial charge is 0.503 e. The van der Waals surface area contributed by atoms with Crippen molar-refractivity contribution in [2.75, 3.05) is 20.2 Å². The third-order valence-electron chi connectivity index (χ3n) is 3.42. The van der Waals surface area contributed by atoms with Crippen LogP contribution in [0, 0.1) is 6.92 Å². The Bertz CT molecular complexity index is 414. The van der Waals surface area contributed by atoms with E-state index in [1.807, 2.05) is 6.07 Å². The number of halogens is 1. The van der Waals surface area contributed by atoms with E-state index in [-0.39, 0.29) is 5.75 Å². The van der Waals surface area contributed by atoms with Crippen LogP contribution < -0.4 is 10.1 Å². The van der Waals surface area contributed by atoms with Crippen molar-refractivity contribution in [3.63, 3.8) is 0 Å². The highest BCUT2D eigenvalue weighted by molar-refractivity contribution is 9.10. The SMILES string of the molecule is COc1cc(C)c(C2CCNCC2)c(Br)c1O. The van der Waals surface area contributed by atoms with Crippen LogP contribution in [0.2, 0.25) is 0 Å². The number of aryl methyl sites for hydroxylation is 1. The van der Waals surface area contributed by atoms with Crippen LogP contribution in [-0.2, 0) is 0 Å². The zero-order valence-electron chi connectivity index (χ0n) is 10.2. The molecule has 1 aromatic rings. The summed E-state index contributed by atoms with van der Waals surface area (Å²) in [5, 5.41) is 13.4. The van der Waals surface area contributed by atoms with Crippen molar-refractivity contribution in [3.8, 4) is 11.5 Å². The highest BCUT2D eigenvalue weighted by Crippen LogP contribution is 2.43. The summed E-state index contributed by atoms with van der Waals surface area (Å²) in [7, 11) is 1.57. The lowest BCUT2D eigenvalue weighted by Crippen LogP contribution is -2.27. The highest BCUT2D eigenvalue weighted by Gasteiger charge is 2.23. The molecular weight excluding hydrogens is 282 g/mol. The molecule has 1 heterocycles. The summed E-state index contributed by atoms with van der Waals surface area (Å²) in [5.74, 6) is 1.26. The van der Waals surface area contributed by atoms with Crippen LogP contribution in [0.3, 0.4) is 0 Å². The van der Waals surface area contributed by atoms with Gasteiger partial charge in [-0.3, -0.25) is 0 Å². The van der Waals surface area contributed by atoms with E-state index in [9.17, 15) is 5.11 Å². The van der Waals surface area contributed by atoms with Crippen LogP contribution in [0.25, 0.3) is 0 Å². The van der Waals surface area contributed by atoms with Crippen LogP contribution in [0.15, 0.2) is 10.5 Å². The monoisotopic (exact) mass is 299 g/mol. The average Bonchev–Trinajstić information content (AvgIpc) is 2.35. The van der Waals surface area contributed by atoms with Gasteiger partial charge >= 0.3 is 0 Å². The minimum atomic E-state index is 0.214. The lowest BCUT2D eigenvalue weighted by molar-refractivity contribution is 0.369. The smallest absolute Gasteiger partial charge is 0.172 e. The van der Waals surface area contributed by atoms with Crippen LogP contribution in [-0.4, -0.2) is 25.3 Å². The van der Waals surface area contributed by atoms with Gasteiger partial charge in [-0.15, -0.1) is 0 Å². The average molecular weight is 300 g/mol. The summed E-state index contributed by atoms with van der Waals surface area (Å²) in [4.78, 5) is 0. The summed E-state index contributed by atoms with van der Waals surface area (Å²) in [6, 6.07) is 1.91. The highest BCUT2D eigenvalue weighted by atomic mass is 79.9. The van der Waals surface area contributed by atoms with E-state index >= 15 is 0 Å². The Hall–Kier alpha value is -0.740. The molecule has 1 saturated heterocycles. The van der Waals surface area contributed by atoms with Gasteiger partial charge in [0, 0.05) is 0 Å². The number of benzene rings is 1. The molecule has 17 heavy (non-hydrogen) atoms. The Balaban J connectivity index is 2.42. The number of aromatic hydroxyl groups is 1. The van der Waals surface area contributed by atoms with Gasteiger partial charge in [0.05, 0.1) is 11.6 Å². The first kappa shape index (κ1) is 12.7. The molecule has 0 saturated carbocycles. The Kier molecular flexibility index (Phi) is 3.94. The number of hydrogen-bond acceptors (Lipinski definition) is 3. The molecule has 2 N–H and O–H groups in total. The van der Waals surface area contributed by atoms with Crippen molar-refractivity contribution >= 4 is 15.9 Å². The summed E-state index contributed by atoms with van der Waals surface area (Å²) in [5.41, 5.74) is 2.41. The van der Waals surface area contributed by atoms with Gasteiger partial charge in [-0.05, 0) is 71.9 Å². The zero-order chi connectivity index (χ0) is 12.4. The fourth-order valence-electron chi connectivity index (χ4n) is 2.52. The molecule has 0 aliphatic carbocycles. The van der Waals surface area contributed by atoms with Crippen molar-refractivity contribution in [1.82, 2.24) is 5.32 Å². The summed E-state index contributed by atoms with van der Waals surface area (Å²) in [6.45, 7) is 4.16. The molecule has 1 aliphatic rings. The first-order valence-electron chi connectivity index (χ1n) is 5.91. The maximum atomic E-state index is 10.0. The molecule has 4 heteroatoms. The van der Waals surface area contributed by atoms with Crippen molar-refractivity contribution < 1.29 is 9.84 Å². The normalized spacial score (nSPS) is 17.1. The molecule has 0 bridgehead atoms. The van der Waals surface area contributed by atoms with Crippen LogP contribution >= 0.6 is 15.9 Å². The van der Waals surface area contributed by atoms with E-state index in [0.717, 1.165) is 30.4 Å². The van der Waals surface area contributed by atoms with E-state index in [0.29, 0.717) is 11.7 Å². The second-order valence-electron chi connectivity index (χ2n) is 4.50. The van der Waals surface area contributed by atoms with Crippen LogP contribution in [0.1, 0.15) is 29.9 Å². The Labute approximate surface area is 110 Å². The summed E-state index contributed by atoms with van der Waals surface area (Å²) in [6.07, 6.45) is 2.23. The predicted octanol–water partition coefficient (Wildman–Crippen LogP) is 2.94. The third-order valence-corrected chi connectivity index (χ3v) is 4.22. The first-order chi connectivity index (χ1) is 8.15. The standard InChI is InChI=1S/C13H18BrNO2/c1-8-7-10(17-2)13(16)12(14)11(8)9-3-5-15-6-4-9/h7,9,15-16H,3-6H2,1-2H3. The van der Waals surface area contributed by atoms with E-state index in [1.165, 1.54) is 11.1 Å². The molecule has 1 aromatic carbocycles. The lowest BCUT2D eigenvalue weighted by Gasteiger charge is -2.26. The molecule has 0 spiro atoms. The van der Waals surface area contributed by atoms with Gasteiger partial charge in [0.15, 0.2) is 11.5 Å². The number of piperidine rings is 1. The molecule has 0 atom stereocenters. The lowest BCUT2D eigenvalue weighted by atomic mass is 9.87. The number of nitrogens with one attached hydrogen (secondary N) is 1. The Morgan fingerprint density at radius 2 is 2.06 bits per heavy atom. The first-order valence-corrected chi connectivity index (χ1v) is 6.71. The maximum Gasteiger partial charge on any atom is 0.172 e. The number of methoxy groups -OCH3 is 1. The fourth-order valence-corrected chi connectivity index (χ4v) is 3.35. The second-order valence-corrected chi connectivity index (χ2v) is 5.29. The Morgan fingerprint density at radius 1 is 1.41 bits per heavy atom. The molecule has 0 radical (unpaired) electrons. The van der Waals surface area contributed by atoms with E-state index in [2.05, 4.69) is 28.2 Å². The number of rotatable bonds is 2. The van der Waals surface area contributed by atoms with Crippen molar-refractivity contribution in [2.24, 2.45) is 0 Å². The molecule has 0 aromatic heterocycles. The number of phenols is 1. The van der Waals surface area contributed by atoms with Crippen molar-refractivity contribution in [2.45, 2.75) is 25.7 Å². The van der Waals surface area contributed by atoms with E-state index in [1.54, 1.807) is 7.11 Å². The second kappa shape index (κ2) is 5.27. The molecule has 0 amide bonds. The van der Waals surface area contributed by atoms with Crippen LogP contribution in [0.5, 0.6) is 11.5 Å². The van der Waals surface area contributed by atoms with Crippen LogP contribution in [0.4, 0.5) is 0 Å². The topological polar surface area (TPSA) is 41.5 Å². The van der Waals surface area contributed by atoms with Gasteiger partial charge < -0.3 is 15.2 Å². The minimum absolute atomic E-state index is 0.214. The summed E-state index contributed by atoms with van der Waals surface area (Å²) < 4.78 is 5.95. The van der Waals surface area contributed by atoms with Gasteiger partial charge in [0.25, 0.3) is 0 Å². The molecule has 3 nitrogen and oxygen atoms in total. The van der Waals surface area contributed by atoms with Crippen molar-refractivity contribution in [1.29, 1.82) is 0 Å². The number of ether oxygens (including phenoxy) is 1. The number of hydrogen-bond donors (Lipinski definition) is 2. The van der Waals surface area contributed by atoms with Gasteiger partial charge in [-0.2, -0.15) is 0 Å². The fraction of sp³-hybridized carbons (Fsp3) is 0.538. The van der Waals surface area contributed by atoms with E-state index < -0.39 is 0 Å². The molecule has 1 aliphatic heterocycles. The zero-order valence-corrected chi connectivity index (χ0v) is 11.8. The maximum absolute atomic E-state index is 10.0. The van der Waals surface area contributed by atoms with Gasteiger partial charge in [-0.25, -0.2) is 0 Å². The van der Waals surface area contributed by atoms with Gasteiger partial charge in [0.2, 0.25) is 0 Å². The predicted molar refractivity (Wildman–Crippen MR) is 71.9 cm³/mol. The quantitative estimate of drug-likeness (QED) is 0.882. The molecular formula is C13H18BrNO2. The third kappa shape index (κ3) is 2.43. The van der Waals surface area contributed by atoms with Gasteiger partial charge in [0.1, 0.15) is 0 Å². The van der Waals surface area contributed by atoms with E-state index in [4.69, 9.17) is 4.74 Å². The molecule has 2 rings (SSSR count). The van der Waals surface area contributed by atoms with Gasteiger partial charge in [-0.1, -0.05) is 0 Å². The Morgan fingerprint density at radius 3 is 2.65 bits per heavy atom. The molecule has 1 fully saturated rings. The molecule has 0 unspecified atom stereocenters. The van der Waals surface area contributed by atoms with Crippen molar-refractivity contribution in [3.05, 3.63) is 21.7 Å².